The number of hydrogen-bond acceptors (Lipinski definition) is 2. The molecule has 0 aliphatic heterocycles. The van der Waals surface area contributed by atoms with Crippen molar-refractivity contribution in [2.24, 2.45) is 4.99 Å². The molecule has 26 heavy (non-hydrogen) atoms. The fourth-order valence-electron chi connectivity index (χ4n) is 1.15. The first-order valence-corrected chi connectivity index (χ1v) is 16.0. The molecule has 0 N–H and O–H groups in total. The van der Waals surface area contributed by atoms with Gasteiger partial charge in [-0.2, -0.15) is 0 Å². The monoisotopic (exact) mass is 436 g/mol. The Morgan fingerprint density at radius 2 is 1.31 bits per heavy atom. The van der Waals surface area contributed by atoms with Crippen LogP contribution in [-0.2, 0) is 16.8 Å². The normalized spacial score (nSPS) is 12.5. The quantitative estimate of drug-likeness (QED) is 0.272. The van der Waals surface area contributed by atoms with E-state index in [2.05, 4.69) is 69.4 Å². The zero-order valence-corrected chi connectivity index (χ0v) is 21.6. The summed E-state index contributed by atoms with van der Waals surface area (Å²) in [6.45, 7) is 25.1. The summed E-state index contributed by atoms with van der Waals surface area (Å²) in [6.07, 6.45) is 0. The molecule has 0 unspecified atom stereocenters. The number of rotatable bonds is 2. The van der Waals surface area contributed by atoms with Crippen molar-refractivity contribution in [1.29, 1.82) is 0 Å². The minimum absolute atomic E-state index is 0. The van der Waals surface area contributed by atoms with Crippen molar-refractivity contribution in [3.63, 3.8) is 0 Å². The van der Waals surface area contributed by atoms with Crippen LogP contribution in [0.3, 0.4) is 0 Å². The average Bonchev–Trinajstić information content (AvgIpc) is 2.42. The van der Waals surface area contributed by atoms with Gasteiger partial charge in [0.25, 0.3) is 0 Å². The summed E-state index contributed by atoms with van der Waals surface area (Å²) in [5.74, 6) is 0. The number of pyridine rings is 1. The van der Waals surface area contributed by atoms with E-state index in [1.54, 1.807) is 7.05 Å². The molecule has 0 radical (unpaired) electrons. The molecular weight excluding hydrogens is 397 g/mol. The van der Waals surface area contributed by atoms with Crippen LogP contribution in [0.15, 0.2) is 23.2 Å². The zero-order valence-electron chi connectivity index (χ0n) is 18.5. The Hall–Kier alpha value is -0.700. The molecule has 0 atom stereocenters. The zero-order chi connectivity index (χ0) is 20.4. The molecule has 0 fully saturated rings. The molecule has 150 valence electrons. The predicted molar refractivity (Wildman–Crippen MR) is 121 cm³/mol. The number of aliphatic imine (C=N–C) groups is 1. The summed E-state index contributed by atoms with van der Waals surface area (Å²) < 4.78 is 1.81. The molecule has 1 rings (SSSR count). The van der Waals surface area contributed by atoms with Crippen LogP contribution in [0.25, 0.3) is 0 Å². The van der Waals surface area contributed by atoms with Gasteiger partial charge in [-0.15, -0.1) is 16.1 Å². The molecule has 0 aliphatic rings. The van der Waals surface area contributed by atoms with Crippen LogP contribution < -0.4 is 0 Å². The minimum Gasteiger partial charge on any atom is -0.367 e. The van der Waals surface area contributed by atoms with E-state index < -0.39 is 16.1 Å². The molecule has 1 aromatic heterocycles. The molecule has 0 saturated carbocycles. The van der Waals surface area contributed by atoms with Gasteiger partial charge in [-0.05, 0) is 33.0 Å². The van der Waals surface area contributed by atoms with E-state index >= 15 is 0 Å². The first-order valence-electron chi connectivity index (χ1n) is 8.56. The number of aromatic nitrogens is 1. The van der Waals surface area contributed by atoms with Gasteiger partial charge in [-0.25, -0.2) is 0 Å². The van der Waals surface area contributed by atoms with E-state index in [4.69, 9.17) is 0 Å². The van der Waals surface area contributed by atoms with Gasteiger partial charge in [-0.3, -0.25) is 9.98 Å². The first kappa shape index (κ1) is 30.0. The molecule has 0 aromatic carbocycles. The number of nitrogens with zero attached hydrogens (tertiary/aromatic N) is 3. The molecule has 0 spiro atoms. The van der Waals surface area contributed by atoms with Gasteiger partial charge < -0.3 is 17.7 Å². The Balaban J connectivity index is -0.000000401. The average molecular weight is 437 g/mol. The molecule has 6 heteroatoms. The maximum Gasteiger partial charge on any atom is 3.00 e. The fourth-order valence-corrected chi connectivity index (χ4v) is 1.15. The smallest absolute Gasteiger partial charge is 0.367 e. The van der Waals surface area contributed by atoms with Gasteiger partial charge in [0.15, 0.2) is 0 Å². The Morgan fingerprint density at radius 1 is 0.962 bits per heavy atom. The van der Waals surface area contributed by atoms with Gasteiger partial charge in [0, 0.05) is 12.7 Å². The SMILES string of the molecule is [CH2-][N+](C)=C(C)c1cccc(C(C)=NC)n1.[CH2-][Si](C)(C)C.[CH2-][Si](C)(C)C.[Co+3]. The molecule has 0 saturated heterocycles. The Labute approximate surface area is 175 Å². The molecular formula is C20H39CoN3Si2+. The van der Waals surface area contributed by atoms with Crippen molar-refractivity contribution in [2.75, 3.05) is 14.1 Å². The van der Waals surface area contributed by atoms with Crippen LogP contribution in [0, 0.1) is 20.1 Å². The molecule has 0 bridgehead atoms. The van der Waals surface area contributed by atoms with E-state index in [1.807, 2.05) is 43.7 Å². The second-order valence-electron chi connectivity index (χ2n) is 8.62. The van der Waals surface area contributed by atoms with Crippen molar-refractivity contribution in [3.8, 4) is 0 Å². The van der Waals surface area contributed by atoms with Gasteiger partial charge >= 0.3 is 16.8 Å². The minimum atomic E-state index is -0.861. The van der Waals surface area contributed by atoms with E-state index in [0.29, 0.717) is 0 Å². The van der Waals surface area contributed by atoms with Gasteiger partial charge in [0.2, 0.25) is 0 Å². The van der Waals surface area contributed by atoms with E-state index in [0.717, 1.165) is 22.8 Å². The summed E-state index contributed by atoms with van der Waals surface area (Å²) in [4.78, 5) is 8.63. The third-order valence-electron chi connectivity index (χ3n) is 2.40. The van der Waals surface area contributed by atoms with Crippen LogP contribution in [0.4, 0.5) is 0 Å². The van der Waals surface area contributed by atoms with Crippen LogP contribution in [0.1, 0.15) is 25.2 Å². The van der Waals surface area contributed by atoms with Crippen molar-refractivity contribution in [3.05, 3.63) is 49.7 Å². The molecule has 0 aliphatic carbocycles. The van der Waals surface area contributed by atoms with Crippen LogP contribution in [-0.4, -0.2) is 51.2 Å². The molecule has 1 aromatic rings. The summed E-state index contributed by atoms with van der Waals surface area (Å²) in [6, 6.07) is 5.92. The predicted octanol–water partition coefficient (Wildman–Crippen LogP) is 5.16. The van der Waals surface area contributed by atoms with E-state index in [1.165, 1.54) is 0 Å². The van der Waals surface area contributed by atoms with Crippen LogP contribution in [0.2, 0.25) is 39.3 Å². The van der Waals surface area contributed by atoms with Crippen molar-refractivity contribution >= 4 is 27.6 Å². The van der Waals surface area contributed by atoms with Gasteiger partial charge in [0.05, 0.1) is 17.1 Å². The Morgan fingerprint density at radius 3 is 1.62 bits per heavy atom. The van der Waals surface area contributed by atoms with Crippen molar-refractivity contribution < 1.29 is 21.4 Å². The maximum atomic E-state index is 4.52. The number of hydrogen-bond donors (Lipinski definition) is 0. The Bertz CT molecular complexity index is 555. The summed E-state index contributed by atoms with van der Waals surface area (Å²) in [5, 5.41) is 0. The van der Waals surface area contributed by atoms with Gasteiger partial charge in [0.1, 0.15) is 7.05 Å². The van der Waals surface area contributed by atoms with Crippen molar-refractivity contribution in [2.45, 2.75) is 53.1 Å². The standard InChI is InChI=1S/C12H17N3.2C4H11Si.Co/c1-9(13-3)11-7-6-8-12(14-11)10(2)15(4)5;2*1-5(2,3)4;/h6-8H,4H2,1-3,5H3;2*1H2,2-4H3;/q;2*-1;+3. The first-order chi connectivity index (χ1) is 11.1. The largest absolute Gasteiger partial charge is 3.00 e. The van der Waals surface area contributed by atoms with Gasteiger partial charge in [-0.1, -0.05) is 45.3 Å². The fraction of sp³-hybridized carbons (Fsp3) is 0.500. The van der Waals surface area contributed by atoms with Crippen LogP contribution in [0.5, 0.6) is 0 Å². The Kier molecular flexibility index (Phi) is 15.6. The topological polar surface area (TPSA) is 28.3 Å². The third kappa shape index (κ3) is 21.3. The third-order valence-corrected chi connectivity index (χ3v) is 2.40. The second-order valence-corrected chi connectivity index (χ2v) is 18.9. The maximum absolute atomic E-state index is 4.52. The summed E-state index contributed by atoms with van der Waals surface area (Å²) >= 11 is 0. The van der Waals surface area contributed by atoms with Crippen molar-refractivity contribution in [1.82, 2.24) is 4.98 Å². The molecule has 1 heterocycles. The second kappa shape index (κ2) is 13.5. The van der Waals surface area contributed by atoms with E-state index in [9.17, 15) is 0 Å². The van der Waals surface area contributed by atoms with Crippen LogP contribution >= 0.6 is 0 Å². The summed E-state index contributed by atoms with van der Waals surface area (Å²) in [7, 11) is 5.79. The molecule has 3 nitrogen and oxygen atoms in total. The van der Waals surface area contributed by atoms with E-state index in [-0.39, 0.29) is 16.8 Å². The molecule has 0 amide bonds. The summed E-state index contributed by atoms with van der Waals surface area (Å²) in [5.41, 5.74) is 3.83.